The van der Waals surface area contributed by atoms with Gasteiger partial charge in [0.15, 0.2) is 0 Å². The predicted molar refractivity (Wildman–Crippen MR) is 131 cm³/mol. The third-order valence-electron chi connectivity index (χ3n) is 5.62. The van der Waals surface area contributed by atoms with E-state index in [1.807, 2.05) is 42.5 Å². The van der Waals surface area contributed by atoms with Gasteiger partial charge in [0.05, 0.1) is 0 Å². The van der Waals surface area contributed by atoms with Crippen LogP contribution >= 0.6 is 0 Å². The molecule has 0 aliphatic rings. The van der Waals surface area contributed by atoms with Gasteiger partial charge in [-0.25, -0.2) is 0 Å². The van der Waals surface area contributed by atoms with Crippen LogP contribution in [0.3, 0.4) is 0 Å². The van der Waals surface area contributed by atoms with Gasteiger partial charge < -0.3 is 0 Å². The summed E-state index contributed by atoms with van der Waals surface area (Å²) in [6.45, 7) is 2.12. The Hall–Kier alpha value is -3.26. The maximum atomic E-state index is 14.5. The summed E-state index contributed by atoms with van der Waals surface area (Å²) in [5, 5.41) is 1.86. The van der Waals surface area contributed by atoms with E-state index in [1.54, 1.807) is 6.07 Å². The molecule has 0 fully saturated rings. The van der Waals surface area contributed by atoms with Crippen molar-refractivity contribution in [3.05, 3.63) is 120 Å². The molecule has 0 radical (unpaired) electrons. The van der Waals surface area contributed by atoms with E-state index in [2.05, 4.69) is 43.3 Å². The van der Waals surface area contributed by atoms with Crippen molar-refractivity contribution in [1.29, 1.82) is 0 Å². The van der Waals surface area contributed by atoms with E-state index in [1.165, 1.54) is 27.1 Å². The van der Waals surface area contributed by atoms with Crippen molar-refractivity contribution in [2.24, 2.45) is 0 Å². The van der Waals surface area contributed by atoms with E-state index in [0.29, 0.717) is 0 Å². The van der Waals surface area contributed by atoms with Crippen molar-refractivity contribution in [1.82, 2.24) is 0 Å². The van der Waals surface area contributed by atoms with E-state index in [4.69, 9.17) is 0 Å². The number of halogens is 2. The Morgan fingerprint density at radius 1 is 0.562 bits per heavy atom. The van der Waals surface area contributed by atoms with Crippen molar-refractivity contribution < 1.29 is 8.78 Å². The molecule has 0 unspecified atom stereocenters. The first kappa shape index (κ1) is 20.6. The molecule has 0 spiro atoms. The van der Waals surface area contributed by atoms with Gasteiger partial charge >= 0.3 is 193 Å². The molecule has 32 heavy (non-hydrogen) atoms. The van der Waals surface area contributed by atoms with Crippen LogP contribution in [0.1, 0.15) is 5.56 Å². The summed E-state index contributed by atoms with van der Waals surface area (Å²) in [4.78, 5) is 0. The van der Waals surface area contributed by atoms with Crippen molar-refractivity contribution in [3.63, 3.8) is 0 Å². The number of hydrogen-bond acceptors (Lipinski definition) is 0. The quantitative estimate of drug-likeness (QED) is 0.258. The summed E-state index contributed by atoms with van der Waals surface area (Å²) >= 11 is 0.0150. The van der Waals surface area contributed by atoms with Crippen molar-refractivity contribution in [2.75, 3.05) is 0 Å². The Bertz CT molecular complexity index is 1390. The molecular formula is C29H20F2Se. The molecule has 0 aromatic heterocycles. The zero-order chi connectivity index (χ0) is 22.1. The summed E-state index contributed by atoms with van der Waals surface area (Å²) < 4.78 is 30.7. The molecule has 0 saturated heterocycles. The van der Waals surface area contributed by atoms with Crippen LogP contribution in [0, 0.1) is 18.6 Å². The molecule has 0 amide bonds. The molecule has 156 valence electrons. The van der Waals surface area contributed by atoms with Crippen molar-refractivity contribution in [2.45, 2.75) is 6.92 Å². The molecule has 0 aliphatic heterocycles. The first-order valence-corrected chi connectivity index (χ1v) is 12.1. The van der Waals surface area contributed by atoms with Crippen LogP contribution in [-0.2, 0) is 0 Å². The van der Waals surface area contributed by atoms with Gasteiger partial charge in [-0.3, -0.25) is 0 Å². The predicted octanol–water partition coefficient (Wildman–Crippen LogP) is 6.42. The van der Waals surface area contributed by atoms with Crippen LogP contribution in [-0.4, -0.2) is 15.0 Å². The molecule has 5 rings (SSSR count). The third-order valence-corrected chi connectivity index (χ3v) is 8.19. The van der Waals surface area contributed by atoms with Gasteiger partial charge in [-0.1, -0.05) is 0 Å². The molecule has 0 heterocycles. The monoisotopic (exact) mass is 486 g/mol. The van der Waals surface area contributed by atoms with Crippen LogP contribution < -0.4 is 8.92 Å². The molecule has 3 heteroatoms. The Balaban J connectivity index is 1.90. The summed E-state index contributed by atoms with van der Waals surface area (Å²) in [5.41, 5.74) is 5.26. The normalized spacial score (nSPS) is 11.1. The van der Waals surface area contributed by atoms with Crippen LogP contribution in [0.2, 0.25) is 0 Å². The van der Waals surface area contributed by atoms with Gasteiger partial charge in [0.2, 0.25) is 0 Å². The molecule has 0 bridgehead atoms. The topological polar surface area (TPSA) is 0 Å². The molecule has 5 aromatic rings. The molecule has 0 atom stereocenters. The van der Waals surface area contributed by atoms with Gasteiger partial charge in [0.1, 0.15) is 0 Å². The fourth-order valence-electron chi connectivity index (χ4n) is 4.18. The zero-order valence-corrected chi connectivity index (χ0v) is 19.2. The van der Waals surface area contributed by atoms with Gasteiger partial charge in [0.25, 0.3) is 0 Å². The Morgan fingerprint density at radius 3 is 1.84 bits per heavy atom. The second kappa shape index (κ2) is 8.70. The number of hydrogen-bond donors (Lipinski definition) is 0. The van der Waals surface area contributed by atoms with Crippen LogP contribution in [0.25, 0.3) is 33.0 Å². The number of fused-ring (bicyclic) bond motifs is 1. The minimum absolute atomic E-state index is 0.0150. The van der Waals surface area contributed by atoms with E-state index < -0.39 is 0 Å². The van der Waals surface area contributed by atoms with E-state index in [-0.39, 0.29) is 26.6 Å². The average Bonchev–Trinajstić information content (AvgIpc) is 2.82. The average molecular weight is 485 g/mol. The molecule has 0 aliphatic carbocycles. The van der Waals surface area contributed by atoms with Crippen LogP contribution in [0.4, 0.5) is 8.78 Å². The Labute approximate surface area is 192 Å². The summed E-state index contributed by atoms with van der Waals surface area (Å²) in [6.07, 6.45) is 0. The molecule has 5 aromatic carbocycles. The van der Waals surface area contributed by atoms with Crippen LogP contribution in [0.15, 0.2) is 103 Å². The zero-order valence-electron chi connectivity index (χ0n) is 17.5. The van der Waals surface area contributed by atoms with Crippen molar-refractivity contribution >= 4 is 34.7 Å². The number of benzene rings is 5. The van der Waals surface area contributed by atoms with Gasteiger partial charge in [-0.05, 0) is 0 Å². The first-order chi connectivity index (χ1) is 15.6. The summed E-state index contributed by atoms with van der Waals surface area (Å²) in [7, 11) is 0. The molecule has 0 nitrogen and oxygen atoms in total. The van der Waals surface area contributed by atoms with Gasteiger partial charge in [0, 0.05) is 0 Å². The van der Waals surface area contributed by atoms with E-state index in [0.717, 1.165) is 38.6 Å². The Kier molecular flexibility index (Phi) is 5.61. The van der Waals surface area contributed by atoms with E-state index >= 15 is 0 Å². The standard InChI is InChI=1S/C29H20F2Se/c1-19-27(20-8-4-2-5-9-20)26-18-23(31)16-17-25(26)28(21-12-14-22(30)15-13-21)29(19)32-24-10-6-3-7-11-24/h2-18H,1H3. The number of rotatable bonds is 4. The van der Waals surface area contributed by atoms with Gasteiger partial charge in [-0.15, -0.1) is 0 Å². The second-order valence-electron chi connectivity index (χ2n) is 7.68. The molecule has 0 N–H and O–H groups in total. The SMILES string of the molecule is Cc1c([Se]c2ccccc2)c(-c2ccc(F)cc2)c2ccc(F)cc2c1-c1ccccc1. The third kappa shape index (κ3) is 3.86. The molecule has 0 saturated carbocycles. The van der Waals surface area contributed by atoms with Gasteiger partial charge in [-0.2, -0.15) is 0 Å². The summed E-state index contributed by atoms with van der Waals surface area (Å²) in [5.74, 6) is -0.530. The van der Waals surface area contributed by atoms with Crippen LogP contribution in [0.5, 0.6) is 0 Å². The fraction of sp³-hybridized carbons (Fsp3) is 0.0345. The van der Waals surface area contributed by atoms with E-state index in [9.17, 15) is 8.78 Å². The minimum atomic E-state index is -0.267. The first-order valence-electron chi connectivity index (χ1n) is 10.4. The second-order valence-corrected chi connectivity index (χ2v) is 9.96. The van der Waals surface area contributed by atoms with Crippen molar-refractivity contribution in [3.8, 4) is 22.3 Å². The maximum absolute atomic E-state index is 14.5. The summed E-state index contributed by atoms with van der Waals surface area (Å²) in [6, 6.07) is 32.2. The fourth-order valence-corrected chi connectivity index (χ4v) is 6.52. The molecular weight excluding hydrogens is 465 g/mol. The Morgan fingerprint density at radius 2 is 1.16 bits per heavy atom.